The Balaban J connectivity index is 1.89. The Labute approximate surface area is 158 Å². The van der Waals surface area contributed by atoms with Gasteiger partial charge in [-0.1, -0.05) is 29.3 Å². The monoisotopic (exact) mass is 374 g/mol. The number of rotatable bonds is 6. The van der Waals surface area contributed by atoms with Crippen LogP contribution in [0.25, 0.3) is 0 Å². The first-order valence-corrected chi connectivity index (χ1v) is 8.68. The Hall–Kier alpha value is -2.53. The molecule has 138 valence electrons. The lowest BCUT2D eigenvalue weighted by atomic mass is 10.2. The van der Waals surface area contributed by atoms with Crippen LogP contribution in [-0.2, 0) is 9.59 Å². The summed E-state index contributed by atoms with van der Waals surface area (Å²) in [6.45, 7) is 5.44. The van der Waals surface area contributed by atoms with E-state index in [1.165, 1.54) is 4.90 Å². The molecule has 2 amide bonds. The summed E-state index contributed by atoms with van der Waals surface area (Å²) in [4.78, 5) is 25.9. The van der Waals surface area contributed by atoms with E-state index in [0.29, 0.717) is 16.5 Å². The number of anilines is 1. The lowest BCUT2D eigenvalue weighted by Crippen LogP contribution is -2.42. The van der Waals surface area contributed by atoms with Crippen LogP contribution in [0.15, 0.2) is 42.5 Å². The van der Waals surface area contributed by atoms with Crippen LogP contribution in [0.2, 0.25) is 5.02 Å². The second-order valence-corrected chi connectivity index (χ2v) is 6.69. The standard InChI is InChI=1S/C20H23ClN2O3/c1-13-5-7-16(8-6-13)22-19(24)12-23(4)20(25)15(3)26-17-9-10-18(21)14(2)11-17/h5-11,15H,12H2,1-4H3,(H,22,24)/t15-/m1/s1. The van der Waals surface area contributed by atoms with Gasteiger partial charge < -0.3 is 15.0 Å². The van der Waals surface area contributed by atoms with Crippen LogP contribution < -0.4 is 10.1 Å². The van der Waals surface area contributed by atoms with Crippen molar-refractivity contribution in [2.75, 3.05) is 18.9 Å². The summed E-state index contributed by atoms with van der Waals surface area (Å²) in [5.41, 5.74) is 2.68. The normalized spacial score (nSPS) is 11.6. The molecule has 26 heavy (non-hydrogen) atoms. The molecule has 0 saturated heterocycles. The van der Waals surface area contributed by atoms with Gasteiger partial charge in [0.1, 0.15) is 5.75 Å². The maximum atomic E-state index is 12.4. The predicted octanol–water partition coefficient (Wildman–Crippen LogP) is 3.82. The topological polar surface area (TPSA) is 58.6 Å². The Morgan fingerprint density at radius 1 is 1.15 bits per heavy atom. The van der Waals surface area contributed by atoms with Gasteiger partial charge in [-0.05, 0) is 56.7 Å². The van der Waals surface area contributed by atoms with E-state index in [1.54, 1.807) is 32.2 Å². The van der Waals surface area contributed by atoms with Crippen molar-refractivity contribution in [1.29, 1.82) is 0 Å². The highest BCUT2D eigenvalue weighted by Crippen LogP contribution is 2.22. The second-order valence-electron chi connectivity index (χ2n) is 6.28. The van der Waals surface area contributed by atoms with Crippen molar-refractivity contribution in [3.8, 4) is 5.75 Å². The van der Waals surface area contributed by atoms with Gasteiger partial charge in [0.25, 0.3) is 5.91 Å². The molecule has 0 spiro atoms. The maximum absolute atomic E-state index is 12.4. The number of benzene rings is 2. The van der Waals surface area contributed by atoms with Crippen molar-refractivity contribution in [3.63, 3.8) is 0 Å². The number of carbonyl (C=O) groups excluding carboxylic acids is 2. The van der Waals surface area contributed by atoms with Crippen LogP contribution in [0.5, 0.6) is 5.75 Å². The molecule has 0 unspecified atom stereocenters. The van der Waals surface area contributed by atoms with Crippen LogP contribution in [0.1, 0.15) is 18.1 Å². The molecular weight excluding hydrogens is 352 g/mol. The molecule has 0 aromatic heterocycles. The largest absolute Gasteiger partial charge is 0.481 e. The minimum atomic E-state index is -0.715. The van der Waals surface area contributed by atoms with Gasteiger partial charge in [-0.3, -0.25) is 9.59 Å². The van der Waals surface area contributed by atoms with Crippen LogP contribution in [-0.4, -0.2) is 36.4 Å². The quantitative estimate of drug-likeness (QED) is 0.836. The minimum absolute atomic E-state index is 0.0555. The molecular formula is C20H23ClN2O3. The number of ether oxygens (including phenoxy) is 1. The molecule has 0 bridgehead atoms. The Bertz CT molecular complexity index is 790. The highest BCUT2D eigenvalue weighted by Gasteiger charge is 2.21. The van der Waals surface area contributed by atoms with Crippen molar-refractivity contribution < 1.29 is 14.3 Å². The summed E-state index contributed by atoms with van der Waals surface area (Å²) < 4.78 is 5.66. The van der Waals surface area contributed by atoms with E-state index >= 15 is 0 Å². The fourth-order valence-corrected chi connectivity index (χ4v) is 2.50. The highest BCUT2D eigenvalue weighted by molar-refractivity contribution is 6.31. The van der Waals surface area contributed by atoms with E-state index in [-0.39, 0.29) is 18.4 Å². The first-order valence-electron chi connectivity index (χ1n) is 8.30. The van der Waals surface area contributed by atoms with Gasteiger partial charge >= 0.3 is 0 Å². The van der Waals surface area contributed by atoms with E-state index in [9.17, 15) is 9.59 Å². The molecule has 6 heteroatoms. The summed E-state index contributed by atoms with van der Waals surface area (Å²) in [7, 11) is 1.57. The number of hydrogen-bond donors (Lipinski definition) is 1. The number of amides is 2. The van der Waals surface area contributed by atoms with E-state index in [1.807, 2.05) is 38.1 Å². The molecule has 2 rings (SSSR count). The Morgan fingerprint density at radius 3 is 2.42 bits per heavy atom. The molecule has 0 aliphatic heterocycles. The van der Waals surface area contributed by atoms with Gasteiger partial charge in [-0.25, -0.2) is 0 Å². The third-order valence-corrected chi connectivity index (χ3v) is 4.31. The molecule has 5 nitrogen and oxygen atoms in total. The van der Waals surface area contributed by atoms with Crippen LogP contribution in [0.4, 0.5) is 5.69 Å². The second kappa shape index (κ2) is 8.72. The third-order valence-electron chi connectivity index (χ3n) is 3.88. The molecule has 0 fully saturated rings. The maximum Gasteiger partial charge on any atom is 0.263 e. The first kappa shape index (κ1) is 19.8. The number of likely N-dealkylation sites (N-methyl/N-ethyl adjacent to an activating group) is 1. The summed E-state index contributed by atoms with van der Waals surface area (Å²) in [6, 6.07) is 12.7. The summed E-state index contributed by atoms with van der Waals surface area (Å²) in [5, 5.41) is 3.41. The van der Waals surface area contributed by atoms with Crippen molar-refractivity contribution in [2.24, 2.45) is 0 Å². The molecule has 1 atom stereocenters. The number of halogens is 1. The smallest absolute Gasteiger partial charge is 0.263 e. The Kier molecular flexibility index (Phi) is 6.64. The number of nitrogens with one attached hydrogen (secondary N) is 1. The fraction of sp³-hybridized carbons (Fsp3) is 0.300. The van der Waals surface area contributed by atoms with Crippen LogP contribution in [0.3, 0.4) is 0 Å². The third kappa shape index (κ3) is 5.49. The number of nitrogens with zero attached hydrogens (tertiary/aromatic N) is 1. The number of carbonyl (C=O) groups is 2. The molecule has 0 heterocycles. The molecule has 0 saturated carbocycles. The molecule has 1 N–H and O–H groups in total. The zero-order valence-electron chi connectivity index (χ0n) is 15.4. The lowest BCUT2D eigenvalue weighted by molar-refractivity contribution is -0.139. The fourth-order valence-electron chi connectivity index (χ4n) is 2.39. The van der Waals surface area contributed by atoms with Gasteiger partial charge in [0.05, 0.1) is 6.54 Å². The predicted molar refractivity (Wildman–Crippen MR) is 104 cm³/mol. The summed E-state index contributed by atoms with van der Waals surface area (Å²) in [6.07, 6.45) is -0.715. The van der Waals surface area contributed by atoms with Crippen molar-refractivity contribution in [2.45, 2.75) is 26.9 Å². The SMILES string of the molecule is Cc1ccc(NC(=O)CN(C)C(=O)[C@@H](C)Oc2ccc(Cl)c(C)c2)cc1. The van der Waals surface area contributed by atoms with Crippen molar-refractivity contribution >= 4 is 29.1 Å². The van der Waals surface area contributed by atoms with E-state index in [4.69, 9.17) is 16.3 Å². The van der Waals surface area contributed by atoms with E-state index in [2.05, 4.69) is 5.32 Å². The number of hydrogen-bond acceptors (Lipinski definition) is 3. The average molecular weight is 375 g/mol. The van der Waals surface area contributed by atoms with Gasteiger partial charge in [0.15, 0.2) is 6.10 Å². The van der Waals surface area contributed by atoms with Crippen LogP contribution in [0, 0.1) is 13.8 Å². The zero-order valence-corrected chi connectivity index (χ0v) is 16.1. The minimum Gasteiger partial charge on any atom is -0.481 e. The van der Waals surface area contributed by atoms with Crippen molar-refractivity contribution in [1.82, 2.24) is 4.90 Å². The van der Waals surface area contributed by atoms with Gasteiger partial charge in [0, 0.05) is 17.8 Å². The number of aryl methyl sites for hydroxylation is 2. The van der Waals surface area contributed by atoms with Gasteiger partial charge in [0.2, 0.25) is 5.91 Å². The molecule has 2 aromatic carbocycles. The molecule has 0 radical (unpaired) electrons. The molecule has 2 aromatic rings. The van der Waals surface area contributed by atoms with Gasteiger partial charge in [-0.2, -0.15) is 0 Å². The average Bonchev–Trinajstić information content (AvgIpc) is 2.59. The van der Waals surface area contributed by atoms with Crippen molar-refractivity contribution in [3.05, 3.63) is 58.6 Å². The molecule has 0 aliphatic rings. The first-order chi connectivity index (χ1) is 12.3. The zero-order chi connectivity index (χ0) is 19.3. The lowest BCUT2D eigenvalue weighted by Gasteiger charge is -2.22. The van der Waals surface area contributed by atoms with E-state index < -0.39 is 6.10 Å². The van der Waals surface area contributed by atoms with E-state index in [0.717, 1.165) is 11.1 Å². The highest BCUT2D eigenvalue weighted by atomic mass is 35.5. The molecule has 0 aliphatic carbocycles. The Morgan fingerprint density at radius 2 is 1.81 bits per heavy atom. The summed E-state index contributed by atoms with van der Waals surface area (Å²) in [5.74, 6) is 0.0150. The van der Waals surface area contributed by atoms with Gasteiger partial charge in [-0.15, -0.1) is 0 Å². The van der Waals surface area contributed by atoms with Crippen LogP contribution >= 0.6 is 11.6 Å². The summed E-state index contributed by atoms with van der Waals surface area (Å²) >= 11 is 5.99.